The lowest BCUT2D eigenvalue weighted by Gasteiger charge is -2.28. The maximum absolute atomic E-state index is 12.0. The van der Waals surface area contributed by atoms with Crippen molar-refractivity contribution in [2.24, 2.45) is 0 Å². The summed E-state index contributed by atoms with van der Waals surface area (Å²) >= 11 is 0. The average Bonchev–Trinajstić information content (AvgIpc) is 1.97. The Kier molecular flexibility index (Phi) is 5.01. The summed E-state index contributed by atoms with van der Waals surface area (Å²) in [5.41, 5.74) is -1.08. The zero-order valence-corrected chi connectivity index (χ0v) is 11.0. The van der Waals surface area contributed by atoms with Crippen LogP contribution in [0.5, 0.6) is 0 Å². The van der Waals surface area contributed by atoms with Gasteiger partial charge in [0.2, 0.25) is 0 Å². The smallest absolute Gasteiger partial charge is 0.453 e. The Hall–Kier alpha value is -0.780. The van der Waals surface area contributed by atoms with Crippen LogP contribution >= 0.6 is 0 Å². The first-order valence-corrected chi connectivity index (χ1v) is 5.44. The third-order valence-corrected chi connectivity index (χ3v) is 2.21. The van der Waals surface area contributed by atoms with E-state index in [2.05, 4.69) is 4.74 Å². The van der Waals surface area contributed by atoms with Crippen molar-refractivity contribution in [1.29, 1.82) is 0 Å². The molecular formula is C11H21F3NO2+. The molecule has 0 aromatic carbocycles. The van der Waals surface area contributed by atoms with Gasteiger partial charge in [0.15, 0.2) is 0 Å². The van der Waals surface area contributed by atoms with Gasteiger partial charge in [-0.05, 0) is 20.3 Å². The molecule has 0 aliphatic heterocycles. The minimum atomic E-state index is -4.92. The zero-order valence-electron chi connectivity index (χ0n) is 11.0. The summed E-state index contributed by atoms with van der Waals surface area (Å²) in [5, 5.41) is 0. The monoisotopic (exact) mass is 256 g/mol. The summed E-state index contributed by atoms with van der Waals surface area (Å²) < 4.78 is 41.2. The van der Waals surface area contributed by atoms with Crippen molar-refractivity contribution in [1.82, 2.24) is 0 Å². The van der Waals surface area contributed by atoms with Gasteiger partial charge in [0.25, 0.3) is 0 Å². The van der Waals surface area contributed by atoms with Crippen LogP contribution in [-0.4, -0.2) is 49.9 Å². The first-order chi connectivity index (χ1) is 7.33. The van der Waals surface area contributed by atoms with E-state index in [9.17, 15) is 18.0 Å². The minimum Gasteiger partial charge on any atom is -0.453 e. The van der Waals surface area contributed by atoms with Gasteiger partial charge in [0.05, 0.1) is 27.7 Å². The predicted octanol–water partition coefficient (Wildman–Crippen LogP) is 2.36. The van der Waals surface area contributed by atoms with Crippen molar-refractivity contribution in [2.45, 2.75) is 38.5 Å². The molecular weight excluding hydrogens is 235 g/mol. The number of carbonyl (C=O) groups is 1. The van der Waals surface area contributed by atoms with Crippen LogP contribution in [0.3, 0.4) is 0 Å². The highest BCUT2D eigenvalue weighted by atomic mass is 19.4. The molecule has 0 aliphatic carbocycles. The second-order valence-electron chi connectivity index (χ2n) is 5.76. The number of hydrogen-bond donors (Lipinski definition) is 0. The van der Waals surface area contributed by atoms with E-state index in [0.29, 0.717) is 12.8 Å². The molecule has 0 atom stereocenters. The molecule has 0 unspecified atom stereocenters. The van der Waals surface area contributed by atoms with E-state index in [-0.39, 0.29) is 0 Å². The summed E-state index contributed by atoms with van der Waals surface area (Å²) in [6, 6.07) is 0. The summed E-state index contributed by atoms with van der Waals surface area (Å²) in [6.07, 6.45) is -3.82. The second kappa shape index (κ2) is 5.25. The molecule has 0 bridgehead atoms. The molecule has 0 aromatic heterocycles. The third kappa shape index (κ3) is 8.01. The van der Waals surface area contributed by atoms with Gasteiger partial charge in [-0.3, -0.25) is 0 Å². The normalized spacial score (nSPS) is 13.6. The van der Waals surface area contributed by atoms with E-state index in [1.165, 1.54) is 13.8 Å². The number of hydrogen-bond acceptors (Lipinski definition) is 2. The van der Waals surface area contributed by atoms with Crippen LogP contribution in [0.1, 0.15) is 26.7 Å². The number of quaternary nitrogens is 1. The molecule has 17 heavy (non-hydrogen) atoms. The van der Waals surface area contributed by atoms with Crippen molar-refractivity contribution in [3.05, 3.63) is 0 Å². The van der Waals surface area contributed by atoms with Gasteiger partial charge in [-0.25, -0.2) is 4.79 Å². The van der Waals surface area contributed by atoms with E-state index >= 15 is 0 Å². The van der Waals surface area contributed by atoms with E-state index in [0.717, 1.165) is 11.0 Å². The van der Waals surface area contributed by atoms with Gasteiger partial charge < -0.3 is 9.22 Å². The predicted molar refractivity (Wildman–Crippen MR) is 58.4 cm³/mol. The van der Waals surface area contributed by atoms with Gasteiger partial charge in [0.1, 0.15) is 5.60 Å². The van der Waals surface area contributed by atoms with E-state index in [4.69, 9.17) is 0 Å². The molecule has 0 heterocycles. The molecule has 0 saturated carbocycles. The standard InChI is InChI=1S/C11H21F3NO2/c1-10(2,7-6-8-15(3,4)5)17-9(16)11(12,13)14/h6-8H2,1-5H3/q+1. The van der Waals surface area contributed by atoms with Crippen LogP contribution in [0, 0.1) is 0 Å². The molecule has 6 heteroatoms. The Bertz CT molecular complexity index is 267. The Labute approximate surface area is 100 Å². The zero-order chi connectivity index (χ0) is 13.9. The van der Waals surface area contributed by atoms with Crippen molar-refractivity contribution in [2.75, 3.05) is 27.7 Å². The quantitative estimate of drug-likeness (QED) is 0.557. The lowest BCUT2D eigenvalue weighted by Crippen LogP contribution is -2.38. The highest BCUT2D eigenvalue weighted by molar-refractivity contribution is 5.76. The van der Waals surface area contributed by atoms with Crippen LogP contribution in [0.15, 0.2) is 0 Å². The molecule has 0 amide bonds. The maximum atomic E-state index is 12.0. The Balaban J connectivity index is 4.17. The van der Waals surface area contributed by atoms with Crippen molar-refractivity contribution in [3.63, 3.8) is 0 Å². The second-order valence-corrected chi connectivity index (χ2v) is 5.76. The number of esters is 1. The average molecular weight is 256 g/mol. The summed E-state index contributed by atoms with van der Waals surface area (Å²) in [5.74, 6) is -2.12. The molecule has 0 fully saturated rings. The van der Waals surface area contributed by atoms with E-state index in [1.807, 2.05) is 21.1 Å². The Morgan fingerprint density at radius 1 is 1.18 bits per heavy atom. The van der Waals surface area contributed by atoms with E-state index < -0.39 is 17.7 Å². The third-order valence-electron chi connectivity index (χ3n) is 2.21. The topological polar surface area (TPSA) is 26.3 Å². The Morgan fingerprint density at radius 3 is 2.00 bits per heavy atom. The van der Waals surface area contributed by atoms with Gasteiger partial charge in [-0.15, -0.1) is 0 Å². The summed E-state index contributed by atoms with van der Waals surface area (Å²) in [4.78, 5) is 10.7. The number of nitrogens with zero attached hydrogens (tertiary/aromatic N) is 1. The van der Waals surface area contributed by atoms with Gasteiger partial charge in [-0.2, -0.15) is 13.2 Å². The highest BCUT2D eigenvalue weighted by Crippen LogP contribution is 2.24. The highest BCUT2D eigenvalue weighted by Gasteiger charge is 2.43. The number of alkyl halides is 3. The number of halogens is 3. The number of rotatable bonds is 5. The van der Waals surface area contributed by atoms with Crippen LogP contribution in [-0.2, 0) is 9.53 Å². The SMILES string of the molecule is CC(C)(CCC[N+](C)(C)C)OC(=O)C(F)(F)F. The van der Waals surface area contributed by atoms with Crippen LogP contribution in [0.2, 0.25) is 0 Å². The molecule has 102 valence electrons. The van der Waals surface area contributed by atoms with E-state index in [1.54, 1.807) is 0 Å². The molecule has 0 aliphatic rings. The summed E-state index contributed by atoms with van der Waals surface area (Å²) in [6.45, 7) is 3.80. The number of ether oxygens (including phenoxy) is 1. The first kappa shape index (κ1) is 16.2. The fraction of sp³-hybridized carbons (Fsp3) is 0.909. The van der Waals surface area contributed by atoms with Crippen molar-refractivity contribution in [3.8, 4) is 0 Å². The maximum Gasteiger partial charge on any atom is 0.490 e. The molecule has 0 rings (SSSR count). The molecule has 0 aromatic rings. The van der Waals surface area contributed by atoms with Gasteiger partial charge >= 0.3 is 12.1 Å². The van der Waals surface area contributed by atoms with Crippen LogP contribution < -0.4 is 0 Å². The minimum absolute atomic E-state index is 0.407. The molecule has 3 nitrogen and oxygen atoms in total. The fourth-order valence-electron chi connectivity index (χ4n) is 1.34. The lowest BCUT2D eigenvalue weighted by molar-refractivity contribution is -0.870. The molecule has 0 N–H and O–H groups in total. The summed E-state index contributed by atoms with van der Waals surface area (Å²) in [7, 11) is 5.98. The fourth-order valence-corrected chi connectivity index (χ4v) is 1.34. The van der Waals surface area contributed by atoms with Crippen molar-refractivity contribution < 1.29 is 27.2 Å². The van der Waals surface area contributed by atoms with Crippen LogP contribution in [0.4, 0.5) is 13.2 Å². The Morgan fingerprint density at radius 2 is 1.65 bits per heavy atom. The lowest BCUT2D eigenvalue weighted by atomic mass is 10.0. The first-order valence-electron chi connectivity index (χ1n) is 5.44. The largest absolute Gasteiger partial charge is 0.490 e. The van der Waals surface area contributed by atoms with Gasteiger partial charge in [-0.1, -0.05) is 0 Å². The van der Waals surface area contributed by atoms with Gasteiger partial charge in [0, 0.05) is 6.42 Å². The van der Waals surface area contributed by atoms with Crippen LogP contribution in [0.25, 0.3) is 0 Å². The molecule has 0 saturated heterocycles. The van der Waals surface area contributed by atoms with Crippen molar-refractivity contribution >= 4 is 5.97 Å². The number of carbonyl (C=O) groups excluding carboxylic acids is 1. The molecule has 0 spiro atoms. The molecule has 0 radical (unpaired) electrons.